The molecule has 144 valence electrons. The van der Waals surface area contributed by atoms with Crippen molar-refractivity contribution in [3.63, 3.8) is 0 Å². The average Bonchev–Trinajstić information content (AvgIpc) is 2.87. The lowest BCUT2D eigenvalue weighted by Gasteiger charge is -2.34. The van der Waals surface area contributed by atoms with Crippen LogP contribution in [0.15, 0.2) is 17.2 Å². The van der Waals surface area contributed by atoms with Gasteiger partial charge in [-0.15, -0.1) is 11.8 Å². The van der Waals surface area contributed by atoms with Crippen LogP contribution >= 0.6 is 11.8 Å². The Kier molecular flexibility index (Phi) is 6.64. The van der Waals surface area contributed by atoms with Gasteiger partial charge in [0.2, 0.25) is 5.91 Å². The molecular weight excluding hydrogens is 346 g/mol. The van der Waals surface area contributed by atoms with E-state index in [1.165, 1.54) is 0 Å². The van der Waals surface area contributed by atoms with Crippen molar-refractivity contribution in [3.8, 4) is 0 Å². The maximum absolute atomic E-state index is 12.7. The average molecular weight is 378 g/mol. The van der Waals surface area contributed by atoms with E-state index in [0.717, 1.165) is 74.9 Å². The third kappa shape index (κ3) is 4.82. The standard InChI is InChI=1S/C19H31N5OS/c1-22-6-3-7-23(11-10-22)18(25)12-15-4-8-24(9-5-15)19-17(20)13-16(26-2)14-21-19/h13-15H,3-12,20H2,1-2H3. The molecule has 1 amide bonds. The molecule has 0 spiro atoms. The first-order chi connectivity index (χ1) is 12.6. The number of nitrogen functional groups attached to an aromatic ring is 1. The smallest absolute Gasteiger partial charge is 0.222 e. The first kappa shape index (κ1) is 19.3. The topological polar surface area (TPSA) is 65.7 Å². The van der Waals surface area contributed by atoms with Crippen LogP contribution in [0.3, 0.4) is 0 Å². The van der Waals surface area contributed by atoms with Crippen LogP contribution in [0.5, 0.6) is 0 Å². The Bertz CT molecular complexity index is 618. The van der Waals surface area contributed by atoms with E-state index < -0.39 is 0 Å². The highest BCUT2D eigenvalue weighted by Crippen LogP contribution is 2.30. The highest BCUT2D eigenvalue weighted by Gasteiger charge is 2.26. The largest absolute Gasteiger partial charge is 0.396 e. The molecule has 26 heavy (non-hydrogen) atoms. The molecule has 2 N–H and O–H groups in total. The van der Waals surface area contributed by atoms with Crippen LogP contribution in [-0.2, 0) is 4.79 Å². The van der Waals surface area contributed by atoms with E-state index in [0.29, 0.717) is 18.2 Å². The van der Waals surface area contributed by atoms with Gasteiger partial charge in [0.1, 0.15) is 0 Å². The van der Waals surface area contributed by atoms with Crippen LogP contribution in [0, 0.1) is 5.92 Å². The van der Waals surface area contributed by atoms with E-state index in [1.54, 1.807) is 11.8 Å². The minimum Gasteiger partial charge on any atom is -0.396 e. The molecule has 0 unspecified atom stereocenters. The lowest BCUT2D eigenvalue weighted by Crippen LogP contribution is -2.39. The number of amides is 1. The molecule has 1 aromatic rings. The third-order valence-electron chi connectivity index (χ3n) is 5.56. The summed E-state index contributed by atoms with van der Waals surface area (Å²) in [6, 6.07) is 2.00. The highest BCUT2D eigenvalue weighted by atomic mass is 32.2. The van der Waals surface area contributed by atoms with Gasteiger partial charge in [-0.1, -0.05) is 0 Å². The second-order valence-electron chi connectivity index (χ2n) is 7.46. The lowest BCUT2D eigenvalue weighted by atomic mass is 9.93. The molecule has 0 aliphatic carbocycles. The molecular formula is C19H31N5OS. The maximum Gasteiger partial charge on any atom is 0.222 e. The number of hydrogen-bond donors (Lipinski definition) is 1. The number of likely N-dealkylation sites (N-methyl/N-ethyl adjacent to an activating group) is 1. The number of hydrogen-bond acceptors (Lipinski definition) is 6. The number of anilines is 2. The second kappa shape index (κ2) is 8.95. The fraction of sp³-hybridized carbons (Fsp3) is 0.684. The Morgan fingerprint density at radius 1 is 1.23 bits per heavy atom. The van der Waals surface area contributed by atoms with Gasteiger partial charge >= 0.3 is 0 Å². The van der Waals surface area contributed by atoms with Crippen molar-refractivity contribution < 1.29 is 4.79 Å². The van der Waals surface area contributed by atoms with E-state index in [-0.39, 0.29) is 0 Å². The maximum atomic E-state index is 12.7. The zero-order valence-electron chi connectivity index (χ0n) is 16.0. The number of nitrogens with zero attached hydrogens (tertiary/aromatic N) is 4. The van der Waals surface area contributed by atoms with Crippen LogP contribution in [-0.4, -0.2) is 73.3 Å². The lowest BCUT2D eigenvalue weighted by molar-refractivity contribution is -0.132. The van der Waals surface area contributed by atoms with Gasteiger partial charge in [0.25, 0.3) is 0 Å². The van der Waals surface area contributed by atoms with E-state index in [2.05, 4.69) is 26.7 Å². The number of nitrogens with two attached hydrogens (primary N) is 1. The first-order valence-electron chi connectivity index (χ1n) is 9.57. The van der Waals surface area contributed by atoms with Gasteiger partial charge in [0.15, 0.2) is 5.82 Å². The monoisotopic (exact) mass is 377 g/mol. The van der Waals surface area contributed by atoms with Gasteiger partial charge in [-0.25, -0.2) is 4.98 Å². The van der Waals surface area contributed by atoms with Gasteiger partial charge in [-0.3, -0.25) is 4.79 Å². The molecule has 2 aliphatic heterocycles. The molecule has 0 saturated carbocycles. The van der Waals surface area contributed by atoms with Crippen molar-refractivity contribution in [3.05, 3.63) is 12.3 Å². The molecule has 2 saturated heterocycles. The quantitative estimate of drug-likeness (QED) is 0.811. The number of aromatic nitrogens is 1. The summed E-state index contributed by atoms with van der Waals surface area (Å²) in [5.74, 6) is 1.70. The Hall–Kier alpha value is -1.47. The number of pyridine rings is 1. The number of carbonyl (C=O) groups is 1. The number of thioether (sulfide) groups is 1. The molecule has 1 aromatic heterocycles. The zero-order chi connectivity index (χ0) is 18.5. The van der Waals surface area contributed by atoms with Gasteiger partial charge in [-0.2, -0.15) is 0 Å². The minimum atomic E-state index is 0.334. The number of piperidine rings is 1. The van der Waals surface area contributed by atoms with Gasteiger partial charge < -0.3 is 20.4 Å². The number of carbonyl (C=O) groups excluding carboxylic acids is 1. The predicted molar refractivity (Wildman–Crippen MR) is 109 cm³/mol. The van der Waals surface area contributed by atoms with Crippen molar-refractivity contribution in [2.75, 3.05) is 63.2 Å². The summed E-state index contributed by atoms with van der Waals surface area (Å²) in [4.78, 5) is 24.9. The Balaban J connectivity index is 1.50. The van der Waals surface area contributed by atoms with Gasteiger partial charge in [-0.05, 0) is 51.1 Å². The second-order valence-corrected chi connectivity index (χ2v) is 8.34. The molecule has 6 nitrogen and oxygen atoms in total. The highest BCUT2D eigenvalue weighted by molar-refractivity contribution is 7.98. The summed E-state index contributed by atoms with van der Waals surface area (Å²) in [6.45, 7) is 5.71. The Morgan fingerprint density at radius 2 is 2.00 bits per heavy atom. The van der Waals surface area contributed by atoms with Gasteiger partial charge in [0.05, 0.1) is 5.69 Å². The van der Waals surface area contributed by atoms with Crippen molar-refractivity contribution in [1.29, 1.82) is 0 Å². The SMILES string of the molecule is CSc1cnc(N2CCC(CC(=O)N3CCCN(C)CC3)CC2)c(N)c1. The van der Waals surface area contributed by atoms with Crippen LogP contribution < -0.4 is 10.6 Å². The molecule has 3 heterocycles. The molecule has 7 heteroatoms. The van der Waals surface area contributed by atoms with Crippen LogP contribution in [0.2, 0.25) is 0 Å². The molecule has 0 bridgehead atoms. The molecule has 3 rings (SSSR count). The first-order valence-corrected chi connectivity index (χ1v) is 10.8. The molecule has 0 atom stereocenters. The van der Waals surface area contributed by atoms with E-state index in [4.69, 9.17) is 5.73 Å². The van der Waals surface area contributed by atoms with Crippen molar-refractivity contribution >= 4 is 29.2 Å². The van der Waals surface area contributed by atoms with Crippen molar-refractivity contribution in [2.45, 2.75) is 30.6 Å². The summed E-state index contributed by atoms with van der Waals surface area (Å²) in [6.07, 6.45) is 7.75. The van der Waals surface area contributed by atoms with Crippen LogP contribution in [0.25, 0.3) is 0 Å². The van der Waals surface area contributed by atoms with E-state index in [1.807, 2.05) is 18.5 Å². The number of rotatable bonds is 4. The molecule has 2 fully saturated rings. The van der Waals surface area contributed by atoms with Crippen LogP contribution in [0.1, 0.15) is 25.7 Å². The normalized spacial score (nSPS) is 20.2. The fourth-order valence-corrected chi connectivity index (χ4v) is 4.25. The Labute approximate surface area is 161 Å². The summed E-state index contributed by atoms with van der Waals surface area (Å²) < 4.78 is 0. The van der Waals surface area contributed by atoms with Crippen molar-refractivity contribution in [1.82, 2.24) is 14.8 Å². The van der Waals surface area contributed by atoms with E-state index >= 15 is 0 Å². The summed E-state index contributed by atoms with van der Waals surface area (Å²) in [5, 5.41) is 0. The summed E-state index contributed by atoms with van der Waals surface area (Å²) >= 11 is 1.65. The molecule has 0 radical (unpaired) electrons. The minimum absolute atomic E-state index is 0.334. The van der Waals surface area contributed by atoms with Crippen LogP contribution in [0.4, 0.5) is 11.5 Å². The van der Waals surface area contributed by atoms with Crippen molar-refractivity contribution in [2.24, 2.45) is 5.92 Å². The summed E-state index contributed by atoms with van der Waals surface area (Å²) in [5.41, 5.74) is 6.93. The predicted octanol–water partition coefficient (Wildman–Crippen LogP) is 2.16. The summed E-state index contributed by atoms with van der Waals surface area (Å²) in [7, 11) is 2.13. The zero-order valence-corrected chi connectivity index (χ0v) is 16.8. The Morgan fingerprint density at radius 3 is 2.69 bits per heavy atom. The third-order valence-corrected chi connectivity index (χ3v) is 6.25. The van der Waals surface area contributed by atoms with E-state index in [9.17, 15) is 4.79 Å². The molecule has 0 aromatic carbocycles. The fourth-order valence-electron chi connectivity index (χ4n) is 3.85. The van der Waals surface area contributed by atoms with Gasteiger partial charge in [0, 0.05) is 50.2 Å². The molecule has 2 aliphatic rings.